The van der Waals surface area contributed by atoms with Crippen LogP contribution in [0.15, 0.2) is 53.8 Å². The fourth-order valence-electron chi connectivity index (χ4n) is 2.35. The van der Waals surface area contributed by atoms with Gasteiger partial charge in [-0.25, -0.2) is 10.4 Å². The number of rotatable bonds is 7. The average molecular weight is 446 g/mol. The molecule has 10 nitrogen and oxygen atoms in total. The summed E-state index contributed by atoms with van der Waals surface area (Å²) < 4.78 is 24.5. The molecular formula is C19H13ClFN5O5. The average Bonchev–Trinajstić information content (AvgIpc) is 2.76. The summed E-state index contributed by atoms with van der Waals surface area (Å²) in [5, 5.41) is 14.4. The van der Waals surface area contributed by atoms with Gasteiger partial charge in [0.05, 0.1) is 24.4 Å². The number of nitrogens with zero attached hydrogens (tertiary/aromatic N) is 4. The molecule has 2 aromatic carbocycles. The van der Waals surface area contributed by atoms with Gasteiger partial charge in [0.2, 0.25) is 11.1 Å². The van der Waals surface area contributed by atoms with Crippen LogP contribution in [0.1, 0.15) is 15.9 Å². The molecule has 3 aromatic rings. The Morgan fingerprint density at radius 1 is 1.29 bits per heavy atom. The van der Waals surface area contributed by atoms with Crippen LogP contribution >= 0.6 is 11.6 Å². The number of carbonyl (C=O) groups excluding carboxylic acids is 1. The van der Waals surface area contributed by atoms with Gasteiger partial charge in [-0.3, -0.25) is 14.9 Å². The van der Waals surface area contributed by atoms with Gasteiger partial charge in [0.1, 0.15) is 0 Å². The van der Waals surface area contributed by atoms with Crippen LogP contribution in [0.4, 0.5) is 10.1 Å². The van der Waals surface area contributed by atoms with Crippen molar-refractivity contribution in [3.05, 3.63) is 81.0 Å². The number of carbonyl (C=O) groups is 1. The fraction of sp³-hybridized carbons (Fsp3) is 0.0526. The molecule has 0 radical (unpaired) electrons. The van der Waals surface area contributed by atoms with Crippen LogP contribution in [-0.4, -0.2) is 34.1 Å². The molecule has 1 amide bonds. The van der Waals surface area contributed by atoms with E-state index >= 15 is 0 Å². The van der Waals surface area contributed by atoms with Crippen molar-refractivity contribution in [3.8, 4) is 17.4 Å². The quantitative estimate of drug-likeness (QED) is 0.254. The Balaban J connectivity index is 1.76. The number of nitro groups is 1. The van der Waals surface area contributed by atoms with Crippen molar-refractivity contribution in [1.82, 2.24) is 15.4 Å². The van der Waals surface area contributed by atoms with Crippen molar-refractivity contribution in [2.24, 2.45) is 5.10 Å². The second-order valence-corrected chi connectivity index (χ2v) is 6.15. The van der Waals surface area contributed by atoms with Gasteiger partial charge in [-0.15, -0.1) is 0 Å². The van der Waals surface area contributed by atoms with E-state index in [4.69, 9.17) is 21.1 Å². The molecule has 1 heterocycles. The van der Waals surface area contributed by atoms with Crippen LogP contribution < -0.4 is 14.9 Å². The van der Waals surface area contributed by atoms with Crippen LogP contribution in [0.25, 0.3) is 0 Å². The Morgan fingerprint density at radius 3 is 2.84 bits per heavy atom. The number of non-ortho nitro benzene ring substituents is 1. The summed E-state index contributed by atoms with van der Waals surface area (Å²) in [5.41, 5.74) is 2.59. The number of methoxy groups -OCH3 is 1. The first-order valence-electron chi connectivity index (χ1n) is 8.49. The molecule has 0 saturated heterocycles. The highest BCUT2D eigenvalue weighted by Gasteiger charge is 2.13. The molecule has 0 aliphatic heterocycles. The number of halogens is 2. The zero-order valence-electron chi connectivity index (χ0n) is 15.8. The van der Waals surface area contributed by atoms with Crippen molar-refractivity contribution < 1.29 is 23.6 Å². The van der Waals surface area contributed by atoms with Crippen LogP contribution in [0.2, 0.25) is 5.28 Å². The van der Waals surface area contributed by atoms with Gasteiger partial charge in [-0.2, -0.15) is 14.5 Å². The lowest BCUT2D eigenvalue weighted by molar-refractivity contribution is -0.384. The number of hydrazone groups is 1. The van der Waals surface area contributed by atoms with E-state index in [0.717, 1.165) is 12.3 Å². The van der Waals surface area contributed by atoms with Crippen LogP contribution in [0.5, 0.6) is 17.4 Å². The number of amides is 1. The first-order valence-corrected chi connectivity index (χ1v) is 8.87. The number of nitrogens with one attached hydrogen (secondary N) is 1. The second kappa shape index (κ2) is 9.59. The maximum atomic E-state index is 13.9. The number of benzene rings is 2. The summed E-state index contributed by atoms with van der Waals surface area (Å²) in [7, 11) is 1.40. The minimum Gasteiger partial charge on any atom is -0.493 e. The minimum atomic E-state index is -0.824. The molecule has 3 rings (SSSR count). The topological polar surface area (TPSA) is 129 Å². The summed E-state index contributed by atoms with van der Waals surface area (Å²) in [5.74, 6) is -1.46. The molecule has 31 heavy (non-hydrogen) atoms. The van der Waals surface area contributed by atoms with E-state index in [1.165, 1.54) is 37.6 Å². The Morgan fingerprint density at radius 2 is 2.10 bits per heavy atom. The smallest absolute Gasteiger partial charge is 0.271 e. The molecule has 158 valence electrons. The highest BCUT2D eigenvalue weighted by atomic mass is 35.5. The second-order valence-electron chi connectivity index (χ2n) is 5.81. The third kappa shape index (κ3) is 5.48. The molecule has 1 aromatic heterocycles. The van der Waals surface area contributed by atoms with Gasteiger partial charge in [0.15, 0.2) is 11.5 Å². The summed E-state index contributed by atoms with van der Waals surface area (Å²) >= 11 is 5.66. The van der Waals surface area contributed by atoms with E-state index in [-0.39, 0.29) is 28.0 Å². The zero-order chi connectivity index (χ0) is 22.4. The van der Waals surface area contributed by atoms with Crippen LogP contribution in [-0.2, 0) is 0 Å². The molecule has 0 atom stereocenters. The van der Waals surface area contributed by atoms with Crippen LogP contribution in [0.3, 0.4) is 0 Å². The summed E-state index contributed by atoms with van der Waals surface area (Å²) in [6.07, 6.45) is 2.16. The molecule has 0 aliphatic carbocycles. The molecule has 0 aliphatic rings. The molecular weight excluding hydrogens is 433 g/mol. The maximum absolute atomic E-state index is 13.9. The molecule has 0 bridgehead atoms. The predicted molar refractivity (Wildman–Crippen MR) is 108 cm³/mol. The highest BCUT2D eigenvalue weighted by Crippen LogP contribution is 2.32. The molecule has 0 saturated carbocycles. The monoisotopic (exact) mass is 445 g/mol. The van der Waals surface area contributed by atoms with Crippen molar-refractivity contribution in [1.29, 1.82) is 0 Å². The van der Waals surface area contributed by atoms with Gasteiger partial charge in [0, 0.05) is 17.7 Å². The third-order valence-corrected chi connectivity index (χ3v) is 3.96. The number of hydrogen-bond donors (Lipinski definition) is 1. The lowest BCUT2D eigenvalue weighted by Crippen LogP contribution is -2.17. The highest BCUT2D eigenvalue weighted by molar-refractivity contribution is 6.28. The van der Waals surface area contributed by atoms with Crippen molar-refractivity contribution in [2.75, 3.05) is 7.11 Å². The van der Waals surface area contributed by atoms with E-state index in [9.17, 15) is 19.3 Å². The first-order chi connectivity index (χ1) is 14.9. The largest absolute Gasteiger partial charge is 0.493 e. The van der Waals surface area contributed by atoms with E-state index in [2.05, 4.69) is 20.5 Å². The number of hydrogen-bond acceptors (Lipinski definition) is 8. The van der Waals surface area contributed by atoms with E-state index < -0.39 is 22.5 Å². The summed E-state index contributed by atoms with van der Waals surface area (Å²) in [6, 6.07) is 9.83. The van der Waals surface area contributed by atoms with Gasteiger partial charge < -0.3 is 9.47 Å². The number of aromatic nitrogens is 2. The van der Waals surface area contributed by atoms with Gasteiger partial charge in [0.25, 0.3) is 17.5 Å². The Labute approximate surface area is 179 Å². The van der Waals surface area contributed by atoms with Gasteiger partial charge >= 0.3 is 0 Å². The Hall–Kier alpha value is -4.12. The van der Waals surface area contributed by atoms with Gasteiger partial charge in [-0.05, 0) is 41.4 Å². The standard InChI is InChI=1S/C19H13ClFN5O5/c1-30-15-6-5-11(7-16(15)31-18-14(21)10-22-19(20)24-18)9-23-25-17(27)12-3-2-4-13(8-12)26(28)29/h2-10H,1H3,(H,25,27)/b23-9-. The fourth-order valence-corrected chi connectivity index (χ4v) is 2.48. The third-order valence-electron chi connectivity index (χ3n) is 3.78. The summed E-state index contributed by atoms with van der Waals surface area (Å²) in [6.45, 7) is 0. The van der Waals surface area contributed by atoms with E-state index in [0.29, 0.717) is 5.56 Å². The van der Waals surface area contributed by atoms with Crippen LogP contribution in [0, 0.1) is 15.9 Å². The number of ether oxygens (including phenoxy) is 2. The minimum absolute atomic E-state index is 0.0706. The molecule has 0 spiro atoms. The van der Waals surface area contributed by atoms with Crippen molar-refractivity contribution in [2.45, 2.75) is 0 Å². The molecule has 1 N–H and O–H groups in total. The molecule has 12 heteroatoms. The van der Waals surface area contributed by atoms with E-state index in [1.54, 1.807) is 12.1 Å². The maximum Gasteiger partial charge on any atom is 0.271 e. The van der Waals surface area contributed by atoms with E-state index in [1.807, 2.05) is 0 Å². The molecule has 0 unspecified atom stereocenters. The number of nitro benzene ring substituents is 1. The Bertz CT molecular complexity index is 1170. The van der Waals surface area contributed by atoms with Gasteiger partial charge in [-0.1, -0.05) is 6.07 Å². The predicted octanol–water partition coefficient (Wildman–Crippen LogP) is 3.74. The lowest BCUT2D eigenvalue weighted by Gasteiger charge is -2.10. The zero-order valence-corrected chi connectivity index (χ0v) is 16.5. The van der Waals surface area contributed by atoms with Crippen molar-refractivity contribution in [3.63, 3.8) is 0 Å². The lowest BCUT2D eigenvalue weighted by atomic mass is 10.2. The molecule has 0 fully saturated rings. The Kier molecular flexibility index (Phi) is 6.67. The summed E-state index contributed by atoms with van der Waals surface area (Å²) in [4.78, 5) is 29.5. The van der Waals surface area contributed by atoms with Crippen molar-refractivity contribution >= 4 is 29.4 Å². The normalized spacial score (nSPS) is 10.7. The SMILES string of the molecule is COc1ccc(/C=N\NC(=O)c2cccc([N+](=O)[O-])c2)cc1Oc1nc(Cl)ncc1F. The first kappa shape index (κ1) is 21.6.